The van der Waals surface area contributed by atoms with Crippen LogP contribution in [0, 0.1) is 5.82 Å². The summed E-state index contributed by atoms with van der Waals surface area (Å²) in [5, 5.41) is 0. The molecule has 94 valence electrons. The van der Waals surface area contributed by atoms with E-state index in [0.29, 0.717) is 13.1 Å². The molecule has 2 rings (SSSR count). The molecule has 17 heavy (non-hydrogen) atoms. The molecule has 1 aliphatic rings. The summed E-state index contributed by atoms with van der Waals surface area (Å²) < 4.78 is 11.5. The predicted octanol–water partition coefficient (Wildman–Crippen LogP) is 2.00. The Balaban J connectivity index is 1.97. The zero-order chi connectivity index (χ0) is 12.5. The highest BCUT2D eigenvalue weighted by Gasteiger charge is 2.30. The van der Waals surface area contributed by atoms with E-state index in [2.05, 4.69) is 4.90 Å². The van der Waals surface area contributed by atoms with Crippen molar-refractivity contribution in [3.63, 3.8) is 0 Å². The Bertz CT molecular complexity index is 369. The molecule has 0 atom stereocenters. The molecule has 1 aromatic carbocycles. The summed E-state index contributed by atoms with van der Waals surface area (Å²) in [6.45, 7) is 2.90. The number of anilines is 1. The third kappa shape index (κ3) is 3.22. The van der Waals surface area contributed by atoms with Gasteiger partial charge in [-0.25, -0.2) is 4.39 Å². The zero-order valence-electron chi connectivity index (χ0n) is 9.24. The van der Waals surface area contributed by atoms with Crippen LogP contribution in [-0.4, -0.2) is 35.7 Å². The second-order valence-corrected chi connectivity index (χ2v) is 5.38. The van der Waals surface area contributed by atoms with Gasteiger partial charge in [0, 0.05) is 31.9 Å². The maximum atomic E-state index is 12.8. The Kier molecular flexibility index (Phi) is 3.78. The molecule has 2 N–H and O–H groups in total. The van der Waals surface area contributed by atoms with Crippen LogP contribution in [-0.2, 0) is 0 Å². The van der Waals surface area contributed by atoms with E-state index >= 15 is 0 Å². The minimum absolute atomic E-state index is 0.227. The standard InChI is InChI=1S/C11H14Cl2FN3/c12-11(13,15)17-7-5-16(6-8-17)10-3-1-9(14)2-4-10/h1-4H,5-8,15H2. The molecular weight excluding hydrogens is 264 g/mol. The predicted molar refractivity (Wildman–Crippen MR) is 68.8 cm³/mol. The van der Waals surface area contributed by atoms with Crippen molar-refractivity contribution in [3.05, 3.63) is 30.1 Å². The van der Waals surface area contributed by atoms with Gasteiger partial charge in [0.15, 0.2) is 0 Å². The number of benzene rings is 1. The van der Waals surface area contributed by atoms with Gasteiger partial charge in [-0.3, -0.25) is 10.6 Å². The molecule has 0 spiro atoms. The third-order valence-corrected chi connectivity index (χ3v) is 3.37. The fraction of sp³-hybridized carbons (Fsp3) is 0.455. The van der Waals surface area contributed by atoms with Crippen LogP contribution in [0.3, 0.4) is 0 Å². The van der Waals surface area contributed by atoms with Gasteiger partial charge < -0.3 is 4.90 Å². The molecule has 1 fully saturated rings. The van der Waals surface area contributed by atoms with Crippen LogP contribution in [0.5, 0.6) is 0 Å². The van der Waals surface area contributed by atoms with Crippen LogP contribution >= 0.6 is 23.2 Å². The Morgan fingerprint density at radius 3 is 2.06 bits per heavy atom. The van der Waals surface area contributed by atoms with Crippen molar-refractivity contribution in [2.45, 2.75) is 4.58 Å². The lowest BCUT2D eigenvalue weighted by Crippen LogP contribution is -2.56. The lowest BCUT2D eigenvalue weighted by molar-refractivity contribution is 0.214. The van der Waals surface area contributed by atoms with Crippen LogP contribution in [0.25, 0.3) is 0 Å². The number of halogens is 3. The Morgan fingerprint density at radius 1 is 1.06 bits per heavy atom. The van der Waals surface area contributed by atoms with Gasteiger partial charge in [0.25, 0.3) is 0 Å². The topological polar surface area (TPSA) is 32.5 Å². The number of rotatable bonds is 2. The Labute approximate surface area is 110 Å². The van der Waals surface area contributed by atoms with Crippen LogP contribution in [0.1, 0.15) is 0 Å². The van der Waals surface area contributed by atoms with Gasteiger partial charge in [0.2, 0.25) is 4.58 Å². The van der Waals surface area contributed by atoms with Crippen molar-refractivity contribution < 1.29 is 4.39 Å². The molecule has 0 aliphatic carbocycles. The molecule has 1 heterocycles. The molecule has 3 nitrogen and oxygen atoms in total. The third-order valence-electron chi connectivity index (χ3n) is 2.89. The summed E-state index contributed by atoms with van der Waals surface area (Å²) in [6, 6.07) is 6.44. The van der Waals surface area contributed by atoms with E-state index in [1.54, 1.807) is 17.0 Å². The van der Waals surface area contributed by atoms with Crippen LogP contribution in [0.15, 0.2) is 24.3 Å². The Hall–Kier alpha value is -0.550. The second-order valence-electron chi connectivity index (χ2n) is 4.04. The molecule has 0 unspecified atom stereocenters. The summed E-state index contributed by atoms with van der Waals surface area (Å²) in [5.41, 5.74) is 6.60. The number of alkyl halides is 2. The molecule has 6 heteroatoms. The SMILES string of the molecule is NC(Cl)(Cl)N1CCN(c2ccc(F)cc2)CC1. The van der Waals surface area contributed by atoms with Gasteiger partial charge in [-0.2, -0.15) is 0 Å². The van der Waals surface area contributed by atoms with Crippen molar-refractivity contribution in [1.82, 2.24) is 4.90 Å². The molecule has 0 radical (unpaired) electrons. The lowest BCUT2D eigenvalue weighted by Gasteiger charge is -2.39. The molecule has 0 saturated carbocycles. The minimum Gasteiger partial charge on any atom is -0.369 e. The van der Waals surface area contributed by atoms with Crippen LogP contribution in [0.2, 0.25) is 0 Å². The highest BCUT2D eigenvalue weighted by atomic mass is 35.5. The number of hydrogen-bond donors (Lipinski definition) is 1. The van der Waals surface area contributed by atoms with Gasteiger partial charge in [0.05, 0.1) is 0 Å². The first-order valence-electron chi connectivity index (χ1n) is 5.39. The van der Waals surface area contributed by atoms with Gasteiger partial charge in [-0.05, 0) is 24.3 Å². The van der Waals surface area contributed by atoms with Gasteiger partial charge in [-0.15, -0.1) is 0 Å². The summed E-state index contributed by atoms with van der Waals surface area (Å²) in [6.07, 6.45) is 0. The van der Waals surface area contributed by atoms with Gasteiger partial charge in [-0.1, -0.05) is 23.2 Å². The van der Waals surface area contributed by atoms with E-state index in [1.165, 1.54) is 12.1 Å². The first kappa shape index (κ1) is 12.9. The van der Waals surface area contributed by atoms with E-state index in [1.807, 2.05) is 0 Å². The van der Waals surface area contributed by atoms with Crippen molar-refractivity contribution in [2.75, 3.05) is 31.1 Å². The van der Waals surface area contributed by atoms with Gasteiger partial charge in [0.1, 0.15) is 5.82 Å². The van der Waals surface area contributed by atoms with E-state index in [9.17, 15) is 4.39 Å². The summed E-state index contributed by atoms with van der Waals surface area (Å²) >= 11 is 11.7. The average Bonchev–Trinajstić information content (AvgIpc) is 2.29. The first-order chi connectivity index (χ1) is 7.97. The molecule has 0 aromatic heterocycles. The second kappa shape index (κ2) is 4.98. The highest BCUT2D eigenvalue weighted by Crippen LogP contribution is 2.23. The maximum Gasteiger partial charge on any atom is 0.224 e. The fourth-order valence-electron chi connectivity index (χ4n) is 1.91. The van der Waals surface area contributed by atoms with Crippen LogP contribution in [0.4, 0.5) is 10.1 Å². The monoisotopic (exact) mass is 277 g/mol. The molecular formula is C11H14Cl2FN3. The van der Waals surface area contributed by atoms with Crippen molar-refractivity contribution >= 4 is 28.9 Å². The molecule has 0 bridgehead atoms. The maximum absolute atomic E-state index is 12.8. The van der Waals surface area contributed by atoms with E-state index < -0.39 is 4.58 Å². The fourth-order valence-corrected chi connectivity index (χ4v) is 2.25. The van der Waals surface area contributed by atoms with Crippen molar-refractivity contribution in [2.24, 2.45) is 5.73 Å². The largest absolute Gasteiger partial charge is 0.369 e. The lowest BCUT2D eigenvalue weighted by atomic mass is 10.2. The number of nitrogens with two attached hydrogens (primary N) is 1. The average molecular weight is 278 g/mol. The number of nitrogens with zero attached hydrogens (tertiary/aromatic N) is 2. The van der Waals surface area contributed by atoms with Crippen molar-refractivity contribution in [3.8, 4) is 0 Å². The Morgan fingerprint density at radius 2 is 1.59 bits per heavy atom. The molecule has 1 aliphatic heterocycles. The summed E-state index contributed by atoms with van der Waals surface area (Å²) in [7, 11) is 0. The molecule has 0 amide bonds. The molecule has 1 saturated heterocycles. The smallest absolute Gasteiger partial charge is 0.224 e. The quantitative estimate of drug-likeness (QED) is 0.663. The highest BCUT2D eigenvalue weighted by molar-refractivity contribution is 6.47. The molecule has 1 aromatic rings. The van der Waals surface area contributed by atoms with E-state index in [-0.39, 0.29) is 5.82 Å². The van der Waals surface area contributed by atoms with Crippen LogP contribution < -0.4 is 10.6 Å². The summed E-state index contributed by atoms with van der Waals surface area (Å²) in [4.78, 5) is 3.95. The minimum atomic E-state index is -1.31. The van der Waals surface area contributed by atoms with Gasteiger partial charge >= 0.3 is 0 Å². The van der Waals surface area contributed by atoms with E-state index in [0.717, 1.165) is 18.8 Å². The number of hydrogen-bond acceptors (Lipinski definition) is 3. The normalized spacial score (nSPS) is 18.5. The number of piperazine rings is 1. The van der Waals surface area contributed by atoms with E-state index in [4.69, 9.17) is 28.9 Å². The zero-order valence-corrected chi connectivity index (χ0v) is 10.8. The first-order valence-corrected chi connectivity index (χ1v) is 6.15. The summed E-state index contributed by atoms with van der Waals surface area (Å²) in [5.74, 6) is -0.227. The van der Waals surface area contributed by atoms with Crippen molar-refractivity contribution in [1.29, 1.82) is 0 Å².